The molecule has 0 fully saturated rings. The molecule has 3 aromatic carbocycles. The van der Waals surface area contributed by atoms with E-state index in [-0.39, 0.29) is 11.9 Å². The highest BCUT2D eigenvalue weighted by atomic mass is 19.1. The van der Waals surface area contributed by atoms with E-state index in [0.717, 1.165) is 11.4 Å². The highest BCUT2D eigenvalue weighted by molar-refractivity contribution is 5.87. The van der Waals surface area contributed by atoms with E-state index >= 15 is 0 Å². The van der Waals surface area contributed by atoms with Crippen molar-refractivity contribution in [2.45, 2.75) is 24.9 Å². The molecule has 0 bridgehead atoms. The maximum atomic E-state index is 13.2. The number of rotatable bonds is 4. The summed E-state index contributed by atoms with van der Waals surface area (Å²) in [6, 6.07) is 27.5. The van der Waals surface area contributed by atoms with Crippen LogP contribution < -0.4 is 5.32 Å². The Morgan fingerprint density at radius 1 is 0.885 bits per heavy atom. The second kappa shape index (κ2) is 6.75. The number of hydrogen-bond acceptors (Lipinski definition) is 2. The smallest absolute Gasteiger partial charge is 0.123 e. The topological polar surface area (TPSA) is 24.4 Å². The zero-order valence-corrected chi connectivity index (χ0v) is 14.7. The second-order valence-corrected chi connectivity index (χ2v) is 6.86. The standard InChI is InChI=1S/C23H21FN2/c1-23(19-10-6-3-7-11-19)22(18-8-4-2-5-9-18)25-21(26-23)16-17-12-14-20(24)15-13-17/h2-15,22H,16H2,1H3,(H,25,26)/t22-,23+/m1/s1. The average molecular weight is 344 g/mol. The number of hydrogen-bond donors (Lipinski definition) is 1. The molecule has 3 heteroatoms. The van der Waals surface area contributed by atoms with Crippen molar-refractivity contribution in [3.05, 3.63) is 107 Å². The minimum Gasteiger partial charge on any atom is -0.364 e. The van der Waals surface area contributed by atoms with Crippen molar-refractivity contribution < 1.29 is 4.39 Å². The third-order valence-corrected chi connectivity index (χ3v) is 5.02. The molecule has 0 radical (unpaired) electrons. The van der Waals surface area contributed by atoms with Crippen LogP contribution in [0.3, 0.4) is 0 Å². The number of nitrogens with zero attached hydrogens (tertiary/aromatic N) is 1. The molecule has 2 atom stereocenters. The SMILES string of the molecule is C[C@@]1(c2ccccc2)N=C(Cc2ccc(F)cc2)N[C@@H]1c1ccccc1. The molecule has 26 heavy (non-hydrogen) atoms. The molecule has 1 heterocycles. The van der Waals surface area contributed by atoms with Crippen LogP contribution in [0, 0.1) is 5.82 Å². The number of aliphatic imine (C=N–C) groups is 1. The molecular weight excluding hydrogens is 323 g/mol. The van der Waals surface area contributed by atoms with Crippen molar-refractivity contribution >= 4 is 5.84 Å². The van der Waals surface area contributed by atoms with Gasteiger partial charge in [-0.3, -0.25) is 4.99 Å². The van der Waals surface area contributed by atoms with Crippen molar-refractivity contribution in [3.8, 4) is 0 Å². The zero-order chi connectivity index (χ0) is 18.0. The Kier molecular flexibility index (Phi) is 4.29. The van der Waals surface area contributed by atoms with Gasteiger partial charge in [0.1, 0.15) is 17.2 Å². The average Bonchev–Trinajstić information content (AvgIpc) is 3.02. The van der Waals surface area contributed by atoms with Crippen LogP contribution in [0.15, 0.2) is 89.9 Å². The van der Waals surface area contributed by atoms with Crippen LogP contribution in [-0.4, -0.2) is 5.84 Å². The largest absolute Gasteiger partial charge is 0.364 e. The van der Waals surface area contributed by atoms with Gasteiger partial charge < -0.3 is 5.32 Å². The molecule has 0 aromatic heterocycles. The molecule has 4 rings (SSSR count). The van der Waals surface area contributed by atoms with Crippen molar-refractivity contribution in [1.29, 1.82) is 0 Å². The van der Waals surface area contributed by atoms with E-state index in [1.165, 1.54) is 23.3 Å². The normalized spacial score (nSPS) is 21.9. The van der Waals surface area contributed by atoms with Crippen LogP contribution in [0.5, 0.6) is 0 Å². The first-order valence-electron chi connectivity index (χ1n) is 8.85. The van der Waals surface area contributed by atoms with Crippen molar-refractivity contribution in [1.82, 2.24) is 5.32 Å². The molecule has 3 aromatic rings. The van der Waals surface area contributed by atoms with Crippen molar-refractivity contribution in [2.75, 3.05) is 0 Å². The Hall–Kier alpha value is -2.94. The Morgan fingerprint density at radius 2 is 1.50 bits per heavy atom. The van der Waals surface area contributed by atoms with Crippen LogP contribution in [0.25, 0.3) is 0 Å². The quantitative estimate of drug-likeness (QED) is 0.705. The molecule has 0 aliphatic carbocycles. The number of amidine groups is 1. The fourth-order valence-electron chi connectivity index (χ4n) is 3.63. The predicted molar refractivity (Wildman–Crippen MR) is 104 cm³/mol. The van der Waals surface area contributed by atoms with Gasteiger partial charge in [-0.15, -0.1) is 0 Å². The minimum absolute atomic E-state index is 0.0570. The van der Waals surface area contributed by atoms with Crippen LogP contribution in [-0.2, 0) is 12.0 Å². The monoisotopic (exact) mass is 344 g/mol. The van der Waals surface area contributed by atoms with Crippen LogP contribution in [0.4, 0.5) is 4.39 Å². The van der Waals surface area contributed by atoms with Crippen molar-refractivity contribution in [3.63, 3.8) is 0 Å². The lowest BCUT2D eigenvalue weighted by atomic mass is 9.82. The molecule has 1 N–H and O–H groups in total. The molecule has 0 amide bonds. The molecule has 0 spiro atoms. The second-order valence-electron chi connectivity index (χ2n) is 6.86. The van der Waals surface area contributed by atoms with Crippen LogP contribution in [0.2, 0.25) is 0 Å². The predicted octanol–water partition coefficient (Wildman–Crippen LogP) is 5.03. The lowest BCUT2D eigenvalue weighted by Gasteiger charge is -2.30. The fraction of sp³-hybridized carbons (Fsp3) is 0.174. The number of halogens is 1. The van der Waals surface area contributed by atoms with Gasteiger partial charge in [0.05, 0.1) is 6.04 Å². The summed E-state index contributed by atoms with van der Waals surface area (Å²) < 4.78 is 13.2. The minimum atomic E-state index is -0.391. The number of nitrogens with one attached hydrogen (secondary N) is 1. The van der Waals surface area contributed by atoms with Gasteiger partial charge >= 0.3 is 0 Å². The Labute approximate surface area is 153 Å². The molecular formula is C23H21FN2. The van der Waals surface area contributed by atoms with Gasteiger partial charge in [-0.05, 0) is 35.7 Å². The summed E-state index contributed by atoms with van der Waals surface area (Å²) in [7, 11) is 0. The highest BCUT2D eigenvalue weighted by Crippen LogP contribution is 2.42. The maximum absolute atomic E-state index is 13.2. The van der Waals surface area contributed by atoms with E-state index < -0.39 is 5.54 Å². The van der Waals surface area contributed by atoms with Crippen molar-refractivity contribution in [2.24, 2.45) is 4.99 Å². The van der Waals surface area contributed by atoms with Crippen LogP contribution >= 0.6 is 0 Å². The molecule has 0 saturated heterocycles. The summed E-state index contributed by atoms with van der Waals surface area (Å²) in [5.41, 5.74) is 3.03. The van der Waals surface area contributed by atoms with E-state index in [1.54, 1.807) is 0 Å². The van der Waals surface area contributed by atoms with E-state index in [2.05, 4.69) is 60.8 Å². The molecule has 1 aliphatic heterocycles. The number of benzene rings is 3. The Morgan fingerprint density at radius 3 is 2.15 bits per heavy atom. The molecule has 130 valence electrons. The summed E-state index contributed by atoms with van der Waals surface area (Å²) >= 11 is 0. The summed E-state index contributed by atoms with van der Waals surface area (Å²) in [4.78, 5) is 5.08. The van der Waals surface area contributed by atoms with Gasteiger partial charge in [0.2, 0.25) is 0 Å². The Bertz CT molecular complexity index is 904. The van der Waals surface area contributed by atoms with Gasteiger partial charge in [0, 0.05) is 6.42 Å². The maximum Gasteiger partial charge on any atom is 0.123 e. The third kappa shape index (κ3) is 3.13. The summed E-state index contributed by atoms with van der Waals surface area (Å²) in [5, 5.41) is 3.62. The van der Waals surface area contributed by atoms with Gasteiger partial charge in [-0.25, -0.2) is 4.39 Å². The molecule has 1 aliphatic rings. The molecule has 0 saturated carbocycles. The van der Waals surface area contributed by atoms with E-state index in [4.69, 9.17) is 4.99 Å². The molecule has 2 nitrogen and oxygen atoms in total. The summed E-state index contributed by atoms with van der Waals surface area (Å²) in [5.74, 6) is 0.711. The van der Waals surface area contributed by atoms with E-state index in [0.29, 0.717) is 6.42 Å². The fourth-order valence-corrected chi connectivity index (χ4v) is 3.63. The van der Waals surface area contributed by atoms with Gasteiger partial charge in [0.25, 0.3) is 0 Å². The summed E-state index contributed by atoms with van der Waals surface area (Å²) in [6.45, 7) is 2.17. The molecule has 0 unspecified atom stereocenters. The highest BCUT2D eigenvalue weighted by Gasteiger charge is 2.42. The third-order valence-electron chi connectivity index (χ3n) is 5.02. The first kappa shape index (κ1) is 16.5. The van der Waals surface area contributed by atoms with Gasteiger partial charge in [0.15, 0.2) is 0 Å². The lowest BCUT2D eigenvalue weighted by molar-refractivity contribution is 0.405. The first-order valence-corrected chi connectivity index (χ1v) is 8.85. The Balaban J connectivity index is 1.71. The van der Waals surface area contributed by atoms with Gasteiger partial charge in [-0.1, -0.05) is 72.8 Å². The lowest BCUT2D eigenvalue weighted by Crippen LogP contribution is -2.33. The first-order chi connectivity index (χ1) is 12.6. The zero-order valence-electron chi connectivity index (χ0n) is 14.7. The van der Waals surface area contributed by atoms with Crippen LogP contribution in [0.1, 0.15) is 29.7 Å². The van der Waals surface area contributed by atoms with E-state index in [9.17, 15) is 4.39 Å². The van der Waals surface area contributed by atoms with Gasteiger partial charge in [-0.2, -0.15) is 0 Å². The summed E-state index contributed by atoms with van der Waals surface area (Å²) in [6.07, 6.45) is 0.659. The van der Waals surface area contributed by atoms with E-state index in [1.807, 2.05) is 24.3 Å².